The second-order valence-electron chi connectivity index (χ2n) is 7.27. The second-order valence-corrected chi connectivity index (χ2v) is 7.27. The van der Waals surface area contributed by atoms with Crippen LogP contribution in [-0.4, -0.2) is 35.9 Å². The van der Waals surface area contributed by atoms with Crippen LogP contribution in [0.15, 0.2) is 18.2 Å². The molecule has 0 aliphatic carbocycles. The molecule has 0 radical (unpaired) electrons. The number of ether oxygens (including phenoxy) is 1. The molecule has 1 amide bonds. The lowest BCUT2D eigenvalue weighted by molar-refractivity contribution is 0.0515. The van der Waals surface area contributed by atoms with E-state index in [0.29, 0.717) is 13.1 Å². The number of nitrogens with one attached hydrogen (secondary N) is 2. The molecule has 25 heavy (non-hydrogen) atoms. The van der Waals surface area contributed by atoms with Crippen molar-refractivity contribution in [2.24, 2.45) is 11.8 Å². The Labute approximate surface area is 147 Å². The predicted octanol–water partition coefficient (Wildman–Crippen LogP) is 3.73. The maximum atomic E-state index is 13.8. The Bertz CT molecular complexity index is 612. The minimum atomic E-state index is -1.12. The molecule has 0 bridgehead atoms. The molecule has 0 aromatic heterocycles. The van der Waals surface area contributed by atoms with E-state index in [1.807, 2.05) is 13.8 Å². The van der Waals surface area contributed by atoms with Crippen LogP contribution in [0.1, 0.15) is 45.0 Å². The van der Waals surface area contributed by atoms with Gasteiger partial charge in [0.1, 0.15) is 11.4 Å². The van der Waals surface area contributed by atoms with Gasteiger partial charge in [0.15, 0.2) is 0 Å². The van der Waals surface area contributed by atoms with Gasteiger partial charge >= 0.3 is 12.1 Å². The largest absolute Gasteiger partial charge is 0.478 e. The van der Waals surface area contributed by atoms with Gasteiger partial charge in [-0.3, -0.25) is 0 Å². The first-order valence-electron chi connectivity index (χ1n) is 8.23. The van der Waals surface area contributed by atoms with Crippen LogP contribution >= 0.6 is 0 Å². The number of hydrogen-bond acceptors (Lipinski definition) is 4. The fraction of sp³-hybridized carbons (Fsp3) is 0.556. The van der Waals surface area contributed by atoms with E-state index in [2.05, 4.69) is 10.6 Å². The van der Waals surface area contributed by atoms with Crippen molar-refractivity contribution in [1.29, 1.82) is 0 Å². The average Bonchev–Trinajstić information content (AvgIpc) is 2.46. The lowest BCUT2D eigenvalue weighted by Crippen LogP contribution is -2.38. The summed E-state index contributed by atoms with van der Waals surface area (Å²) < 4.78 is 19.0. The number of benzene rings is 1. The standard InChI is InChI=1S/C18H27FN2O4/c1-11(2)13(10-21-17(24)25-18(3,4)5)9-20-15-8-12(16(22)23)6-7-14(15)19/h6-8,11,13,20H,9-10H2,1-5H3,(H,21,24)(H,22,23). The molecule has 3 N–H and O–H groups in total. The molecule has 1 aromatic carbocycles. The first-order chi connectivity index (χ1) is 11.5. The zero-order chi connectivity index (χ0) is 19.2. The first kappa shape index (κ1) is 20.7. The number of amides is 1. The number of carbonyl (C=O) groups excluding carboxylic acids is 1. The van der Waals surface area contributed by atoms with E-state index in [9.17, 15) is 14.0 Å². The van der Waals surface area contributed by atoms with E-state index >= 15 is 0 Å². The molecule has 7 heteroatoms. The molecule has 1 atom stereocenters. The third kappa shape index (κ3) is 7.41. The van der Waals surface area contributed by atoms with Crippen LogP contribution in [0.2, 0.25) is 0 Å². The number of hydrogen-bond donors (Lipinski definition) is 3. The zero-order valence-electron chi connectivity index (χ0n) is 15.4. The number of halogens is 1. The predicted molar refractivity (Wildman–Crippen MR) is 94.4 cm³/mol. The average molecular weight is 354 g/mol. The van der Waals surface area contributed by atoms with E-state index in [4.69, 9.17) is 9.84 Å². The van der Waals surface area contributed by atoms with Crippen molar-refractivity contribution in [3.05, 3.63) is 29.6 Å². The second kappa shape index (κ2) is 8.69. The third-order valence-electron chi connectivity index (χ3n) is 3.62. The molecule has 140 valence electrons. The van der Waals surface area contributed by atoms with Crippen LogP contribution in [0.25, 0.3) is 0 Å². The topological polar surface area (TPSA) is 87.7 Å². The summed E-state index contributed by atoms with van der Waals surface area (Å²) in [6.07, 6.45) is -0.503. The van der Waals surface area contributed by atoms with E-state index < -0.39 is 23.5 Å². The Hall–Kier alpha value is -2.31. The summed E-state index contributed by atoms with van der Waals surface area (Å²) in [4.78, 5) is 22.7. The highest BCUT2D eigenvalue weighted by atomic mass is 19.1. The summed E-state index contributed by atoms with van der Waals surface area (Å²) in [5.74, 6) is -1.41. The molecule has 1 unspecified atom stereocenters. The minimum Gasteiger partial charge on any atom is -0.478 e. The van der Waals surface area contributed by atoms with Crippen molar-refractivity contribution in [2.75, 3.05) is 18.4 Å². The SMILES string of the molecule is CC(C)C(CNC(=O)OC(C)(C)C)CNc1cc(C(=O)O)ccc1F. The van der Waals surface area contributed by atoms with Crippen molar-refractivity contribution in [3.63, 3.8) is 0 Å². The number of rotatable bonds is 7. The summed E-state index contributed by atoms with van der Waals surface area (Å²) in [7, 11) is 0. The van der Waals surface area contributed by atoms with E-state index in [-0.39, 0.29) is 23.1 Å². The number of aromatic carboxylic acids is 1. The fourth-order valence-electron chi connectivity index (χ4n) is 2.11. The number of carbonyl (C=O) groups is 2. The van der Waals surface area contributed by atoms with Gasteiger partial charge in [0.05, 0.1) is 11.3 Å². The van der Waals surface area contributed by atoms with Crippen molar-refractivity contribution < 1.29 is 23.8 Å². The normalized spacial score (nSPS) is 12.6. The summed E-state index contributed by atoms with van der Waals surface area (Å²) in [5, 5.41) is 14.6. The molecule has 6 nitrogen and oxygen atoms in total. The van der Waals surface area contributed by atoms with Gasteiger partial charge in [-0.25, -0.2) is 14.0 Å². The molecular weight excluding hydrogens is 327 g/mol. The van der Waals surface area contributed by atoms with Gasteiger partial charge in [-0.1, -0.05) is 13.8 Å². The van der Waals surface area contributed by atoms with Crippen LogP contribution in [0.5, 0.6) is 0 Å². The Balaban J connectivity index is 2.66. The zero-order valence-corrected chi connectivity index (χ0v) is 15.4. The molecule has 1 aromatic rings. The van der Waals surface area contributed by atoms with E-state index in [0.717, 1.165) is 6.07 Å². The summed E-state index contributed by atoms with van der Waals surface area (Å²) in [6, 6.07) is 3.60. The number of anilines is 1. The van der Waals surface area contributed by atoms with Crippen LogP contribution in [-0.2, 0) is 4.74 Å². The van der Waals surface area contributed by atoms with Gasteiger partial charge < -0.3 is 20.5 Å². The molecule has 0 spiro atoms. The Morgan fingerprint density at radius 3 is 2.40 bits per heavy atom. The molecule has 0 heterocycles. The number of carboxylic acids is 1. The van der Waals surface area contributed by atoms with Crippen molar-refractivity contribution >= 4 is 17.7 Å². The maximum absolute atomic E-state index is 13.8. The summed E-state index contributed by atoms with van der Waals surface area (Å²) in [5.41, 5.74) is -0.435. The number of alkyl carbamates (subject to hydrolysis) is 1. The molecule has 1 rings (SSSR count). The smallest absolute Gasteiger partial charge is 0.407 e. The Kier molecular flexibility index (Phi) is 7.21. The lowest BCUT2D eigenvalue weighted by Gasteiger charge is -2.24. The monoisotopic (exact) mass is 354 g/mol. The van der Waals surface area contributed by atoms with Crippen LogP contribution in [0.3, 0.4) is 0 Å². The lowest BCUT2D eigenvalue weighted by atomic mass is 9.95. The first-order valence-corrected chi connectivity index (χ1v) is 8.23. The van der Waals surface area contributed by atoms with Crippen molar-refractivity contribution in [2.45, 2.75) is 40.2 Å². The van der Waals surface area contributed by atoms with Crippen molar-refractivity contribution in [3.8, 4) is 0 Å². The Morgan fingerprint density at radius 1 is 1.24 bits per heavy atom. The van der Waals surface area contributed by atoms with Gasteiger partial charge in [-0.15, -0.1) is 0 Å². The maximum Gasteiger partial charge on any atom is 0.407 e. The molecule has 0 fully saturated rings. The summed E-state index contributed by atoms with van der Waals surface area (Å²) >= 11 is 0. The van der Waals surface area contributed by atoms with Crippen LogP contribution in [0, 0.1) is 17.7 Å². The van der Waals surface area contributed by atoms with Gasteiger partial charge in [0, 0.05) is 13.1 Å². The van der Waals surface area contributed by atoms with Crippen LogP contribution < -0.4 is 10.6 Å². The van der Waals surface area contributed by atoms with Gasteiger partial charge in [0.25, 0.3) is 0 Å². The highest BCUT2D eigenvalue weighted by Crippen LogP contribution is 2.18. The minimum absolute atomic E-state index is 0.0110. The quantitative estimate of drug-likeness (QED) is 0.694. The molecule has 0 saturated carbocycles. The highest BCUT2D eigenvalue weighted by Gasteiger charge is 2.19. The highest BCUT2D eigenvalue weighted by molar-refractivity contribution is 5.88. The molecule has 0 saturated heterocycles. The third-order valence-corrected chi connectivity index (χ3v) is 3.62. The van der Waals surface area contributed by atoms with Crippen LogP contribution in [0.4, 0.5) is 14.9 Å². The fourth-order valence-corrected chi connectivity index (χ4v) is 2.11. The van der Waals surface area contributed by atoms with Gasteiger partial charge in [0.2, 0.25) is 0 Å². The van der Waals surface area contributed by atoms with Crippen molar-refractivity contribution in [1.82, 2.24) is 5.32 Å². The Morgan fingerprint density at radius 2 is 1.88 bits per heavy atom. The van der Waals surface area contributed by atoms with E-state index in [1.165, 1.54) is 12.1 Å². The molecule has 0 aliphatic rings. The molecule has 0 aliphatic heterocycles. The van der Waals surface area contributed by atoms with Gasteiger partial charge in [-0.2, -0.15) is 0 Å². The summed E-state index contributed by atoms with van der Waals surface area (Å²) in [6.45, 7) is 10.1. The molecular formula is C18H27FN2O4. The number of carboxylic acid groups (broad SMARTS) is 1. The van der Waals surface area contributed by atoms with Gasteiger partial charge in [-0.05, 0) is 50.8 Å². The van der Waals surface area contributed by atoms with E-state index in [1.54, 1.807) is 20.8 Å².